The number of aromatic nitrogens is 2. The van der Waals surface area contributed by atoms with Crippen molar-refractivity contribution < 1.29 is 9.21 Å². The average molecular weight is 503 g/mol. The third kappa shape index (κ3) is 5.71. The van der Waals surface area contributed by atoms with Gasteiger partial charge < -0.3 is 9.73 Å². The van der Waals surface area contributed by atoms with Gasteiger partial charge in [0.1, 0.15) is 10.8 Å². The molecule has 0 atom stereocenters. The van der Waals surface area contributed by atoms with Gasteiger partial charge in [-0.3, -0.25) is 4.79 Å². The van der Waals surface area contributed by atoms with Crippen LogP contribution in [0.2, 0.25) is 0 Å². The highest BCUT2D eigenvalue weighted by Crippen LogP contribution is 2.40. The molecule has 0 bridgehead atoms. The van der Waals surface area contributed by atoms with E-state index in [2.05, 4.69) is 15.3 Å². The number of furan rings is 1. The Kier molecular flexibility index (Phi) is 7.11. The standard InChI is InChI=1S/C27H26N4O2S2/c1-17-14-18(2)31-27(30-17)35-23-13-12-20(33-23)16-29-26-24(21-10-6-7-11-22(21)34-26)25(32)28-15-19-8-4-3-5-9-19/h3-5,8-9,12-14,16H,6-7,10-11,15H2,1-2H3,(H,28,32). The predicted octanol–water partition coefficient (Wildman–Crippen LogP) is 6.46. The lowest BCUT2D eigenvalue weighted by Gasteiger charge is -2.12. The largest absolute Gasteiger partial charge is 0.448 e. The van der Waals surface area contributed by atoms with Crippen molar-refractivity contribution in [2.75, 3.05) is 0 Å². The summed E-state index contributed by atoms with van der Waals surface area (Å²) < 4.78 is 5.93. The van der Waals surface area contributed by atoms with Crippen LogP contribution in [-0.4, -0.2) is 22.1 Å². The van der Waals surface area contributed by atoms with E-state index in [-0.39, 0.29) is 5.91 Å². The molecule has 0 saturated heterocycles. The minimum atomic E-state index is -0.0666. The van der Waals surface area contributed by atoms with Crippen molar-refractivity contribution in [1.82, 2.24) is 15.3 Å². The van der Waals surface area contributed by atoms with Gasteiger partial charge in [-0.2, -0.15) is 0 Å². The zero-order valence-corrected chi connectivity index (χ0v) is 21.3. The Morgan fingerprint density at radius 3 is 2.69 bits per heavy atom. The smallest absolute Gasteiger partial charge is 0.254 e. The second kappa shape index (κ2) is 10.6. The molecule has 0 aliphatic heterocycles. The highest BCUT2D eigenvalue weighted by atomic mass is 32.2. The third-order valence-corrected chi connectivity index (χ3v) is 7.73. The van der Waals surface area contributed by atoms with Crippen LogP contribution in [0.25, 0.3) is 0 Å². The molecule has 3 aromatic heterocycles. The molecule has 3 heterocycles. The molecule has 35 heavy (non-hydrogen) atoms. The zero-order valence-electron chi connectivity index (χ0n) is 19.7. The number of amides is 1. The van der Waals surface area contributed by atoms with E-state index in [4.69, 9.17) is 9.41 Å². The summed E-state index contributed by atoms with van der Waals surface area (Å²) in [4.78, 5) is 28.1. The average Bonchev–Trinajstić information content (AvgIpc) is 3.45. The molecule has 0 saturated carbocycles. The minimum absolute atomic E-state index is 0.0666. The van der Waals surface area contributed by atoms with Gasteiger partial charge in [0.15, 0.2) is 10.2 Å². The molecule has 8 heteroatoms. The second-order valence-electron chi connectivity index (χ2n) is 8.51. The molecule has 0 radical (unpaired) electrons. The highest BCUT2D eigenvalue weighted by Gasteiger charge is 2.25. The fraction of sp³-hybridized carbons (Fsp3) is 0.259. The SMILES string of the molecule is Cc1cc(C)nc(Sc2ccc(C=Nc3sc4c(c3C(=O)NCc3ccccc3)CCCC4)o2)n1. The van der Waals surface area contributed by atoms with Gasteiger partial charge in [0.25, 0.3) is 5.91 Å². The molecule has 178 valence electrons. The highest BCUT2D eigenvalue weighted by molar-refractivity contribution is 7.99. The van der Waals surface area contributed by atoms with E-state index in [1.807, 2.05) is 62.4 Å². The molecular formula is C27H26N4O2S2. The Hall–Kier alpha value is -3.23. The maximum atomic E-state index is 13.2. The van der Waals surface area contributed by atoms with E-state index in [0.717, 1.165) is 53.2 Å². The van der Waals surface area contributed by atoms with E-state index >= 15 is 0 Å². The van der Waals surface area contributed by atoms with Gasteiger partial charge in [-0.15, -0.1) is 11.3 Å². The molecular weight excluding hydrogens is 476 g/mol. The van der Waals surface area contributed by atoms with Crippen LogP contribution in [0.15, 0.2) is 68.2 Å². The quantitative estimate of drug-likeness (QED) is 0.232. The minimum Gasteiger partial charge on any atom is -0.448 e. The molecule has 1 N–H and O–H groups in total. The van der Waals surface area contributed by atoms with E-state index in [1.54, 1.807) is 17.6 Å². The Balaban J connectivity index is 1.34. The number of hydrogen-bond donors (Lipinski definition) is 1. The van der Waals surface area contributed by atoms with Crippen LogP contribution in [0.4, 0.5) is 5.00 Å². The van der Waals surface area contributed by atoms with Crippen molar-refractivity contribution in [2.24, 2.45) is 4.99 Å². The number of carbonyl (C=O) groups excluding carboxylic acids is 1. The summed E-state index contributed by atoms with van der Waals surface area (Å²) >= 11 is 3.00. The van der Waals surface area contributed by atoms with E-state index in [9.17, 15) is 4.79 Å². The molecule has 1 aliphatic rings. The Morgan fingerprint density at radius 1 is 1.11 bits per heavy atom. The summed E-state index contributed by atoms with van der Waals surface area (Å²) in [6.07, 6.45) is 5.88. The molecule has 1 aliphatic carbocycles. The first-order valence-electron chi connectivity index (χ1n) is 11.7. The van der Waals surface area contributed by atoms with Gasteiger partial charge in [-0.1, -0.05) is 30.3 Å². The normalized spacial score (nSPS) is 13.2. The van der Waals surface area contributed by atoms with Gasteiger partial charge >= 0.3 is 0 Å². The third-order valence-electron chi connectivity index (χ3n) is 5.74. The predicted molar refractivity (Wildman–Crippen MR) is 140 cm³/mol. The van der Waals surface area contributed by atoms with E-state index in [1.165, 1.54) is 16.6 Å². The fourth-order valence-corrected chi connectivity index (χ4v) is 6.22. The molecule has 0 spiro atoms. The van der Waals surface area contributed by atoms with Crippen LogP contribution in [0.1, 0.15) is 56.4 Å². The first kappa shape index (κ1) is 23.5. The number of aliphatic imine (C=N–C) groups is 1. The summed E-state index contributed by atoms with van der Waals surface area (Å²) in [6.45, 7) is 4.40. The lowest BCUT2D eigenvalue weighted by molar-refractivity contribution is 0.0951. The summed E-state index contributed by atoms with van der Waals surface area (Å²) in [5, 5.41) is 5.18. The number of rotatable bonds is 7. The van der Waals surface area contributed by atoms with Crippen molar-refractivity contribution in [3.63, 3.8) is 0 Å². The topological polar surface area (TPSA) is 80.4 Å². The summed E-state index contributed by atoms with van der Waals surface area (Å²) in [6, 6.07) is 15.7. The molecule has 1 aromatic carbocycles. The number of nitrogens with zero attached hydrogens (tertiary/aromatic N) is 3. The van der Waals surface area contributed by atoms with Gasteiger partial charge in [0, 0.05) is 22.8 Å². The lowest BCUT2D eigenvalue weighted by atomic mass is 9.95. The van der Waals surface area contributed by atoms with Crippen LogP contribution in [0, 0.1) is 13.8 Å². The van der Waals surface area contributed by atoms with Crippen molar-refractivity contribution in [3.05, 3.63) is 87.2 Å². The summed E-state index contributed by atoms with van der Waals surface area (Å²) in [7, 11) is 0. The number of carbonyl (C=O) groups is 1. The van der Waals surface area contributed by atoms with Crippen molar-refractivity contribution in [3.8, 4) is 0 Å². The second-order valence-corrected chi connectivity index (χ2v) is 10.6. The van der Waals surface area contributed by atoms with Gasteiger partial charge in [-0.05, 0) is 80.6 Å². The number of hydrogen-bond acceptors (Lipinski definition) is 7. The number of benzene rings is 1. The van der Waals surface area contributed by atoms with Crippen LogP contribution in [-0.2, 0) is 19.4 Å². The Labute approximate surface area is 212 Å². The summed E-state index contributed by atoms with van der Waals surface area (Å²) in [5.41, 5.74) is 4.79. The van der Waals surface area contributed by atoms with Crippen molar-refractivity contribution in [2.45, 2.75) is 56.3 Å². The number of thiophene rings is 1. The molecule has 0 unspecified atom stereocenters. The van der Waals surface area contributed by atoms with Crippen LogP contribution < -0.4 is 5.32 Å². The van der Waals surface area contributed by atoms with Gasteiger partial charge in [-0.25, -0.2) is 15.0 Å². The van der Waals surface area contributed by atoms with Crippen LogP contribution in [0.5, 0.6) is 0 Å². The zero-order chi connectivity index (χ0) is 24.2. The Morgan fingerprint density at radius 2 is 1.89 bits per heavy atom. The maximum absolute atomic E-state index is 13.2. The van der Waals surface area contributed by atoms with Gasteiger partial charge in [0.05, 0.1) is 11.8 Å². The van der Waals surface area contributed by atoms with Crippen LogP contribution >= 0.6 is 23.1 Å². The van der Waals surface area contributed by atoms with Gasteiger partial charge in [0.2, 0.25) is 0 Å². The Bertz CT molecular complexity index is 1360. The van der Waals surface area contributed by atoms with Crippen LogP contribution in [0.3, 0.4) is 0 Å². The molecule has 0 fully saturated rings. The van der Waals surface area contributed by atoms with Crippen molar-refractivity contribution >= 4 is 40.2 Å². The lowest BCUT2D eigenvalue weighted by Crippen LogP contribution is -2.24. The molecule has 4 aromatic rings. The fourth-order valence-electron chi connectivity index (χ4n) is 4.15. The molecule has 6 nitrogen and oxygen atoms in total. The van der Waals surface area contributed by atoms with E-state index < -0.39 is 0 Å². The first-order valence-corrected chi connectivity index (χ1v) is 13.3. The number of aryl methyl sites for hydroxylation is 3. The summed E-state index contributed by atoms with van der Waals surface area (Å²) in [5.74, 6) is 0.557. The van der Waals surface area contributed by atoms with Crippen molar-refractivity contribution in [1.29, 1.82) is 0 Å². The van der Waals surface area contributed by atoms with E-state index in [0.29, 0.717) is 28.1 Å². The number of fused-ring (bicyclic) bond motifs is 1. The number of nitrogens with one attached hydrogen (secondary N) is 1. The molecule has 1 amide bonds. The maximum Gasteiger partial charge on any atom is 0.254 e. The molecule has 5 rings (SSSR count). The first-order chi connectivity index (χ1) is 17.0. The monoisotopic (exact) mass is 502 g/mol.